The molecule has 1 aliphatic heterocycles. The average molecular weight is 573 g/mol. The second-order valence-corrected chi connectivity index (χ2v) is 10.5. The number of hydrogen-bond acceptors (Lipinski definition) is 10. The fourth-order valence-electron chi connectivity index (χ4n) is 4.82. The van der Waals surface area contributed by atoms with E-state index in [1.165, 1.54) is 98.3 Å². The fraction of sp³-hybridized carbons (Fsp3) is 0.867. The van der Waals surface area contributed by atoms with Crippen LogP contribution < -0.4 is 0 Å². The number of carbonyl (C=O) groups excluding carboxylic acids is 4. The molecule has 40 heavy (non-hydrogen) atoms. The lowest BCUT2D eigenvalue weighted by Crippen LogP contribution is -2.63. The van der Waals surface area contributed by atoms with Crippen molar-refractivity contribution >= 4 is 23.9 Å². The quantitative estimate of drug-likeness (QED) is 0.0980. The number of esters is 4. The van der Waals surface area contributed by atoms with Crippen LogP contribution in [-0.2, 0) is 47.6 Å². The van der Waals surface area contributed by atoms with Crippen LogP contribution in [0.25, 0.3) is 0 Å². The van der Waals surface area contributed by atoms with E-state index in [2.05, 4.69) is 6.92 Å². The average Bonchev–Trinajstić information content (AvgIpc) is 2.87. The third-order valence-corrected chi connectivity index (χ3v) is 6.73. The molecule has 0 aromatic carbocycles. The van der Waals surface area contributed by atoms with Crippen molar-refractivity contribution in [2.75, 3.05) is 13.2 Å². The molecule has 5 atom stereocenters. The molecule has 10 heteroatoms. The molecule has 0 radical (unpaired) electrons. The Morgan fingerprint density at radius 3 is 1.43 bits per heavy atom. The minimum atomic E-state index is -1.21. The number of ether oxygens (including phenoxy) is 6. The van der Waals surface area contributed by atoms with E-state index in [0.29, 0.717) is 6.61 Å². The Hall–Kier alpha value is -2.20. The predicted molar refractivity (Wildman–Crippen MR) is 148 cm³/mol. The van der Waals surface area contributed by atoms with Crippen LogP contribution in [0.1, 0.15) is 125 Å². The second kappa shape index (κ2) is 21.5. The van der Waals surface area contributed by atoms with E-state index in [-0.39, 0.29) is 6.61 Å². The van der Waals surface area contributed by atoms with Crippen molar-refractivity contribution in [1.29, 1.82) is 0 Å². The smallest absolute Gasteiger partial charge is 0.303 e. The molecule has 1 rings (SSSR count). The summed E-state index contributed by atoms with van der Waals surface area (Å²) >= 11 is 0. The van der Waals surface area contributed by atoms with Crippen molar-refractivity contribution in [3.8, 4) is 0 Å². The van der Waals surface area contributed by atoms with E-state index in [1.54, 1.807) is 0 Å². The summed E-state index contributed by atoms with van der Waals surface area (Å²) in [5.41, 5.74) is 0. The molecular weight excluding hydrogens is 520 g/mol. The van der Waals surface area contributed by atoms with E-state index in [0.717, 1.165) is 19.3 Å². The van der Waals surface area contributed by atoms with Crippen LogP contribution in [0.4, 0.5) is 0 Å². The summed E-state index contributed by atoms with van der Waals surface area (Å²) in [6.45, 7) is 7.13. The zero-order chi connectivity index (χ0) is 29.8. The molecule has 10 nitrogen and oxygen atoms in total. The SMILES string of the molecule is CCCCCCCCCCCCCCCCOC1OC(COC(C)=O)C(OC(C)=O)C(OC(C)=O)C1OC(C)=O. The van der Waals surface area contributed by atoms with Crippen molar-refractivity contribution in [2.45, 2.75) is 155 Å². The van der Waals surface area contributed by atoms with Crippen LogP contribution >= 0.6 is 0 Å². The molecule has 232 valence electrons. The highest BCUT2D eigenvalue weighted by molar-refractivity contribution is 5.68. The monoisotopic (exact) mass is 572 g/mol. The van der Waals surface area contributed by atoms with Gasteiger partial charge in [-0.3, -0.25) is 19.2 Å². The van der Waals surface area contributed by atoms with E-state index in [9.17, 15) is 19.2 Å². The van der Waals surface area contributed by atoms with Gasteiger partial charge < -0.3 is 28.4 Å². The minimum absolute atomic E-state index is 0.267. The zero-order valence-electron chi connectivity index (χ0n) is 25.3. The molecule has 0 aromatic rings. The van der Waals surface area contributed by atoms with Gasteiger partial charge in [-0.1, -0.05) is 90.4 Å². The maximum Gasteiger partial charge on any atom is 0.303 e. The first-order chi connectivity index (χ1) is 19.1. The summed E-state index contributed by atoms with van der Waals surface area (Å²) in [4.78, 5) is 47.0. The maximum absolute atomic E-state index is 11.9. The van der Waals surface area contributed by atoms with Gasteiger partial charge >= 0.3 is 23.9 Å². The van der Waals surface area contributed by atoms with Gasteiger partial charge in [0, 0.05) is 34.3 Å². The van der Waals surface area contributed by atoms with Crippen LogP contribution in [0.3, 0.4) is 0 Å². The Bertz CT molecular complexity index is 740. The standard InChI is InChI=1S/C30H52O10/c1-6-7-8-9-10-11-12-13-14-15-16-17-18-19-20-35-30-29(39-25(5)34)28(38-24(4)33)27(37-23(3)32)26(40-30)21-36-22(2)31/h26-30H,6-21H2,1-5H3. The molecule has 5 unspecified atom stereocenters. The highest BCUT2D eigenvalue weighted by Crippen LogP contribution is 2.30. The van der Waals surface area contributed by atoms with Gasteiger partial charge in [0.15, 0.2) is 24.6 Å². The van der Waals surface area contributed by atoms with Crippen molar-refractivity contribution in [2.24, 2.45) is 0 Å². The van der Waals surface area contributed by atoms with Gasteiger partial charge in [-0.05, 0) is 6.42 Å². The first-order valence-electron chi connectivity index (χ1n) is 15.1. The molecule has 1 aliphatic rings. The van der Waals surface area contributed by atoms with Gasteiger partial charge in [0.25, 0.3) is 0 Å². The summed E-state index contributed by atoms with van der Waals surface area (Å²) in [5, 5.41) is 0. The number of hydrogen-bond donors (Lipinski definition) is 0. The molecule has 0 aliphatic carbocycles. The van der Waals surface area contributed by atoms with Crippen LogP contribution in [-0.4, -0.2) is 67.8 Å². The van der Waals surface area contributed by atoms with Crippen molar-refractivity contribution in [3.05, 3.63) is 0 Å². The molecule has 0 spiro atoms. The summed E-state index contributed by atoms with van der Waals surface area (Å²) in [5.74, 6) is -2.54. The summed E-state index contributed by atoms with van der Waals surface area (Å²) < 4.78 is 33.2. The largest absolute Gasteiger partial charge is 0.463 e. The van der Waals surface area contributed by atoms with E-state index in [4.69, 9.17) is 28.4 Å². The Morgan fingerprint density at radius 2 is 0.975 bits per heavy atom. The lowest BCUT2D eigenvalue weighted by molar-refractivity contribution is -0.308. The molecule has 0 aromatic heterocycles. The molecule has 1 fully saturated rings. The first kappa shape index (κ1) is 35.8. The summed E-state index contributed by atoms with van der Waals surface area (Å²) in [6.07, 6.45) is 11.6. The number of rotatable bonds is 21. The maximum atomic E-state index is 11.9. The molecule has 1 heterocycles. The predicted octanol–water partition coefficient (Wildman–Crippen LogP) is 5.57. The summed E-state index contributed by atoms with van der Waals surface area (Å²) in [6, 6.07) is 0. The van der Waals surface area contributed by atoms with E-state index < -0.39 is 54.6 Å². The Labute approximate surface area is 240 Å². The Balaban J connectivity index is 2.55. The zero-order valence-corrected chi connectivity index (χ0v) is 25.3. The Morgan fingerprint density at radius 1 is 0.550 bits per heavy atom. The molecule has 0 N–H and O–H groups in total. The van der Waals surface area contributed by atoms with Gasteiger partial charge in [0.2, 0.25) is 0 Å². The van der Waals surface area contributed by atoms with Crippen molar-refractivity contribution in [3.63, 3.8) is 0 Å². The minimum Gasteiger partial charge on any atom is -0.463 e. The van der Waals surface area contributed by atoms with Gasteiger partial charge in [-0.25, -0.2) is 0 Å². The molecule has 0 amide bonds. The number of unbranched alkanes of at least 4 members (excludes halogenated alkanes) is 13. The normalized spacial score (nSPS) is 22.4. The lowest BCUT2D eigenvalue weighted by Gasteiger charge is -2.44. The third-order valence-electron chi connectivity index (χ3n) is 6.73. The van der Waals surface area contributed by atoms with Crippen LogP contribution in [0.15, 0.2) is 0 Å². The molecule has 1 saturated heterocycles. The Kier molecular flexibility index (Phi) is 19.3. The van der Waals surface area contributed by atoms with Gasteiger partial charge in [0.05, 0.1) is 0 Å². The van der Waals surface area contributed by atoms with Gasteiger partial charge in [-0.2, -0.15) is 0 Å². The second-order valence-electron chi connectivity index (χ2n) is 10.5. The first-order valence-corrected chi connectivity index (χ1v) is 15.1. The molecular formula is C30H52O10. The fourth-order valence-corrected chi connectivity index (χ4v) is 4.82. The van der Waals surface area contributed by atoms with Crippen molar-refractivity contribution < 1.29 is 47.6 Å². The highest BCUT2D eigenvalue weighted by Gasteiger charge is 2.52. The summed E-state index contributed by atoms with van der Waals surface area (Å²) in [7, 11) is 0. The lowest BCUT2D eigenvalue weighted by atomic mass is 9.98. The topological polar surface area (TPSA) is 124 Å². The van der Waals surface area contributed by atoms with E-state index >= 15 is 0 Å². The van der Waals surface area contributed by atoms with Crippen LogP contribution in [0.5, 0.6) is 0 Å². The highest BCUT2D eigenvalue weighted by atomic mass is 16.7. The third kappa shape index (κ3) is 16.2. The van der Waals surface area contributed by atoms with Gasteiger partial charge in [-0.15, -0.1) is 0 Å². The van der Waals surface area contributed by atoms with Crippen molar-refractivity contribution in [1.82, 2.24) is 0 Å². The molecule has 0 bridgehead atoms. The molecule has 0 saturated carbocycles. The van der Waals surface area contributed by atoms with Crippen LogP contribution in [0, 0.1) is 0 Å². The van der Waals surface area contributed by atoms with Gasteiger partial charge in [0.1, 0.15) is 12.7 Å². The van der Waals surface area contributed by atoms with Crippen LogP contribution in [0.2, 0.25) is 0 Å². The number of carbonyl (C=O) groups is 4. The van der Waals surface area contributed by atoms with E-state index in [1.807, 2.05) is 0 Å².